The summed E-state index contributed by atoms with van der Waals surface area (Å²) in [5.41, 5.74) is 0.548. The smallest absolute Gasteiger partial charge is 0.414 e. The fraction of sp³-hybridized carbons (Fsp3) is 0.348. The van der Waals surface area contributed by atoms with Crippen molar-refractivity contribution in [3.05, 3.63) is 59.1 Å². The van der Waals surface area contributed by atoms with Gasteiger partial charge in [-0.05, 0) is 30.3 Å². The van der Waals surface area contributed by atoms with Gasteiger partial charge in [0.05, 0.1) is 28.4 Å². The zero-order chi connectivity index (χ0) is 26.0. The number of amides is 2. The van der Waals surface area contributed by atoms with Gasteiger partial charge < -0.3 is 19.9 Å². The van der Waals surface area contributed by atoms with Gasteiger partial charge in [-0.3, -0.25) is 9.69 Å². The standard InChI is InChI=1S/C23H23FN5O6S/c1-16(30)29(32)15-19-14-28(23(31)35-19)18-6-7-21(20(24)12-18)26-8-10-27(11-9-26)36(33,34)22-5-3-2-4-17(22)13-25/h2-7,12,19H,8-11,14-15H2,1H3/q-1. The number of hydrogen-bond acceptors (Lipinski definition) is 8. The molecule has 4 rings (SSSR count). The number of cyclic esters (lactones) is 1. The highest BCUT2D eigenvalue weighted by atomic mass is 32.2. The summed E-state index contributed by atoms with van der Waals surface area (Å²) in [5.74, 6) is -1.31. The molecular weight excluding hydrogens is 493 g/mol. The van der Waals surface area contributed by atoms with Crippen LogP contribution in [0, 0.1) is 22.4 Å². The average Bonchev–Trinajstić information content (AvgIpc) is 3.23. The Hall–Kier alpha value is -3.73. The summed E-state index contributed by atoms with van der Waals surface area (Å²) in [7, 11) is -3.88. The Bertz CT molecular complexity index is 1320. The minimum atomic E-state index is -3.88. The number of carbonyl (C=O) groups is 2. The van der Waals surface area contributed by atoms with E-state index in [-0.39, 0.29) is 66.2 Å². The third-order valence-corrected chi connectivity index (χ3v) is 8.00. The van der Waals surface area contributed by atoms with Crippen LogP contribution in [0.1, 0.15) is 12.5 Å². The van der Waals surface area contributed by atoms with E-state index in [2.05, 4.69) is 0 Å². The summed E-state index contributed by atoms with van der Waals surface area (Å²) in [6, 6.07) is 12.1. The van der Waals surface area contributed by atoms with Crippen molar-refractivity contribution in [3.8, 4) is 6.07 Å². The van der Waals surface area contributed by atoms with Crippen LogP contribution in [0.3, 0.4) is 0 Å². The van der Waals surface area contributed by atoms with E-state index in [9.17, 15) is 28.5 Å². The number of piperazine rings is 1. The lowest BCUT2D eigenvalue weighted by Crippen LogP contribution is -2.49. The van der Waals surface area contributed by atoms with Crippen LogP contribution >= 0.6 is 0 Å². The number of anilines is 2. The Morgan fingerprint density at radius 1 is 1.22 bits per heavy atom. The minimum Gasteiger partial charge on any atom is -0.756 e. The van der Waals surface area contributed by atoms with Gasteiger partial charge in [0.25, 0.3) is 0 Å². The van der Waals surface area contributed by atoms with Crippen LogP contribution in [-0.4, -0.2) is 75.2 Å². The van der Waals surface area contributed by atoms with Crippen molar-refractivity contribution in [2.24, 2.45) is 0 Å². The van der Waals surface area contributed by atoms with E-state index < -0.39 is 33.9 Å². The Labute approximate surface area is 207 Å². The number of carbonyl (C=O) groups excluding carboxylic acids is 2. The molecule has 2 aromatic carbocycles. The van der Waals surface area contributed by atoms with Crippen LogP contribution in [0.2, 0.25) is 0 Å². The van der Waals surface area contributed by atoms with E-state index in [0.29, 0.717) is 0 Å². The lowest BCUT2D eigenvalue weighted by molar-refractivity contribution is -0.127. The molecule has 0 aliphatic carbocycles. The topological polar surface area (TPSA) is 137 Å². The molecule has 0 radical (unpaired) electrons. The van der Waals surface area contributed by atoms with Crippen LogP contribution in [0.5, 0.6) is 0 Å². The molecule has 2 aliphatic rings. The molecule has 0 spiro atoms. The van der Waals surface area contributed by atoms with Crippen LogP contribution in [0.25, 0.3) is 0 Å². The number of halogens is 1. The van der Waals surface area contributed by atoms with Gasteiger partial charge in [0, 0.05) is 39.6 Å². The number of nitrogens with zero attached hydrogens (tertiary/aromatic N) is 5. The van der Waals surface area contributed by atoms with Crippen LogP contribution in [-0.2, 0) is 19.6 Å². The van der Waals surface area contributed by atoms with Crippen LogP contribution in [0.15, 0.2) is 47.4 Å². The highest BCUT2D eigenvalue weighted by Gasteiger charge is 2.34. The Morgan fingerprint density at radius 2 is 1.92 bits per heavy atom. The number of ether oxygens (including phenoxy) is 1. The number of hydrogen-bond donors (Lipinski definition) is 0. The molecule has 0 aromatic heterocycles. The highest BCUT2D eigenvalue weighted by molar-refractivity contribution is 7.89. The molecule has 2 saturated heterocycles. The van der Waals surface area contributed by atoms with Crippen molar-refractivity contribution in [1.82, 2.24) is 9.37 Å². The minimum absolute atomic E-state index is 0.00958. The lowest BCUT2D eigenvalue weighted by Gasteiger charge is -2.35. The van der Waals surface area contributed by atoms with Crippen molar-refractivity contribution in [2.75, 3.05) is 49.1 Å². The molecule has 2 amide bonds. The zero-order valence-electron chi connectivity index (χ0n) is 19.3. The largest absolute Gasteiger partial charge is 0.756 e. The van der Waals surface area contributed by atoms with Crippen molar-refractivity contribution in [2.45, 2.75) is 17.9 Å². The maximum absolute atomic E-state index is 15.0. The second-order valence-corrected chi connectivity index (χ2v) is 10.2. The third kappa shape index (κ3) is 4.97. The quantitative estimate of drug-likeness (QED) is 0.531. The van der Waals surface area contributed by atoms with E-state index in [4.69, 9.17) is 4.74 Å². The summed E-state index contributed by atoms with van der Waals surface area (Å²) < 4.78 is 47.5. The monoisotopic (exact) mass is 516 g/mol. The van der Waals surface area contributed by atoms with E-state index >= 15 is 4.39 Å². The summed E-state index contributed by atoms with van der Waals surface area (Å²) in [6.07, 6.45) is -1.58. The number of hydroxylamine groups is 2. The molecule has 2 heterocycles. The third-order valence-electron chi connectivity index (χ3n) is 6.04. The van der Waals surface area contributed by atoms with E-state index in [1.807, 2.05) is 6.07 Å². The molecule has 0 N–H and O–H groups in total. The number of rotatable bonds is 6. The van der Waals surface area contributed by atoms with Crippen molar-refractivity contribution >= 4 is 33.4 Å². The van der Waals surface area contributed by atoms with Crippen LogP contribution in [0.4, 0.5) is 20.6 Å². The molecule has 13 heteroatoms. The molecule has 2 aromatic rings. The molecule has 0 bridgehead atoms. The Kier molecular flexibility index (Phi) is 7.11. The second-order valence-electron chi connectivity index (χ2n) is 8.33. The number of nitriles is 1. The first kappa shape index (κ1) is 25.4. The lowest BCUT2D eigenvalue weighted by atomic mass is 10.2. The van der Waals surface area contributed by atoms with Gasteiger partial charge in [-0.25, -0.2) is 17.6 Å². The molecule has 190 valence electrons. The van der Waals surface area contributed by atoms with Crippen molar-refractivity contribution in [3.63, 3.8) is 0 Å². The second kappa shape index (κ2) is 10.1. The van der Waals surface area contributed by atoms with Crippen molar-refractivity contribution in [1.29, 1.82) is 5.26 Å². The van der Waals surface area contributed by atoms with E-state index in [0.717, 1.165) is 6.92 Å². The molecule has 2 aliphatic heterocycles. The Morgan fingerprint density at radius 3 is 2.56 bits per heavy atom. The summed E-state index contributed by atoms with van der Waals surface area (Å²) in [6.45, 7) is 1.44. The zero-order valence-corrected chi connectivity index (χ0v) is 20.1. The van der Waals surface area contributed by atoms with Gasteiger partial charge in [-0.1, -0.05) is 12.1 Å². The van der Waals surface area contributed by atoms with Crippen LogP contribution < -0.4 is 9.80 Å². The number of benzene rings is 2. The molecular formula is C23H23FN5O6S-. The molecule has 1 atom stereocenters. The molecule has 36 heavy (non-hydrogen) atoms. The maximum atomic E-state index is 15.0. The summed E-state index contributed by atoms with van der Waals surface area (Å²) in [4.78, 5) is 26.2. The van der Waals surface area contributed by atoms with Gasteiger partial charge in [0.1, 0.15) is 18.0 Å². The fourth-order valence-corrected chi connectivity index (χ4v) is 5.72. The van der Waals surface area contributed by atoms with Gasteiger partial charge >= 0.3 is 6.09 Å². The SMILES string of the molecule is CC(=O)N([O-])CC1CN(c2ccc(N3CCN(S(=O)(=O)c4ccccc4C#N)CC3)c(F)c2)C(=O)O1. The number of sulfonamides is 1. The predicted octanol–water partition coefficient (Wildman–Crippen LogP) is 1.88. The molecule has 1 unspecified atom stereocenters. The first-order chi connectivity index (χ1) is 17.1. The summed E-state index contributed by atoms with van der Waals surface area (Å²) in [5, 5.41) is 21.0. The molecule has 11 nitrogen and oxygen atoms in total. The molecule has 0 saturated carbocycles. The van der Waals surface area contributed by atoms with Gasteiger partial charge in [-0.15, -0.1) is 0 Å². The first-order valence-electron chi connectivity index (χ1n) is 11.1. The summed E-state index contributed by atoms with van der Waals surface area (Å²) >= 11 is 0. The fourth-order valence-electron chi connectivity index (χ4n) is 4.15. The van der Waals surface area contributed by atoms with E-state index in [1.165, 1.54) is 39.5 Å². The van der Waals surface area contributed by atoms with E-state index in [1.54, 1.807) is 17.0 Å². The Balaban J connectivity index is 1.42. The first-order valence-corrected chi connectivity index (χ1v) is 12.5. The van der Waals surface area contributed by atoms with Gasteiger partial charge in [0.2, 0.25) is 15.9 Å². The van der Waals surface area contributed by atoms with Gasteiger partial charge in [0.15, 0.2) is 0 Å². The maximum Gasteiger partial charge on any atom is 0.414 e. The highest BCUT2D eigenvalue weighted by Crippen LogP contribution is 2.30. The average molecular weight is 517 g/mol. The normalized spacial score (nSPS) is 18.6. The molecule has 2 fully saturated rings. The van der Waals surface area contributed by atoms with Crippen molar-refractivity contribution < 1.29 is 27.1 Å². The van der Waals surface area contributed by atoms with Gasteiger partial charge in [-0.2, -0.15) is 9.57 Å². The predicted molar refractivity (Wildman–Crippen MR) is 127 cm³/mol.